The van der Waals surface area contributed by atoms with Crippen molar-refractivity contribution in [1.82, 2.24) is 0 Å². The maximum absolute atomic E-state index is 2.80. The van der Waals surface area contributed by atoms with E-state index in [2.05, 4.69) is 243 Å². The van der Waals surface area contributed by atoms with Gasteiger partial charge in [-0.1, -0.05) is 152 Å². The van der Waals surface area contributed by atoms with Gasteiger partial charge in [0, 0.05) is 60.6 Å². The van der Waals surface area contributed by atoms with Crippen LogP contribution in [-0.4, -0.2) is 12.3 Å². The molecular formula is C67H66BN3S. The standard InChI is InChI=1S/C67H66BN3S/c1-41-34-43(3)61-57(35-41)71(67(11)33-18-17-32-66(61,67)10)47-28-30-52-56(40-47)69(53-31-27-45(64(4,5)6)38-50(53)44-20-13-12-14-21-44)58-36-42(2)37-59-62(58)68(52)51-29-26-46(65(7,8)9)39-55(51)70(59)54-24-19-23-49-48-22-15-16-25-60(48)72-63(49)54/h12-16,19-31,34-40H,17-18,32-33H2,1-11H3. The van der Waals surface area contributed by atoms with Crippen molar-refractivity contribution in [2.45, 2.75) is 124 Å². The Bertz CT molecular complexity index is 3720. The summed E-state index contributed by atoms with van der Waals surface area (Å²) in [5.74, 6) is 0. The Morgan fingerprint density at radius 2 is 1.12 bits per heavy atom. The summed E-state index contributed by atoms with van der Waals surface area (Å²) >= 11 is 1.92. The smallest absolute Gasteiger partial charge is 0.252 e. The van der Waals surface area contributed by atoms with E-state index in [1.807, 2.05) is 11.3 Å². The summed E-state index contributed by atoms with van der Waals surface area (Å²) in [5.41, 5.74) is 24.8. The first-order valence-corrected chi connectivity index (χ1v) is 27.3. The van der Waals surface area contributed by atoms with Gasteiger partial charge in [0.25, 0.3) is 6.71 Å². The number of hydrogen-bond acceptors (Lipinski definition) is 4. The molecule has 0 spiro atoms. The van der Waals surface area contributed by atoms with Gasteiger partial charge in [0.1, 0.15) is 0 Å². The molecule has 0 N–H and O–H groups in total. The summed E-state index contributed by atoms with van der Waals surface area (Å²) in [5, 5.41) is 2.63. The molecule has 72 heavy (non-hydrogen) atoms. The number of fused-ring (bicyclic) bond motifs is 10. The Hall–Kier alpha value is -6.56. The first-order chi connectivity index (χ1) is 34.4. The van der Waals surface area contributed by atoms with Crippen molar-refractivity contribution in [2.75, 3.05) is 14.7 Å². The number of aryl methyl sites for hydroxylation is 3. The van der Waals surface area contributed by atoms with Crippen LogP contribution in [0.25, 0.3) is 31.3 Å². The molecule has 1 fully saturated rings. The van der Waals surface area contributed by atoms with Crippen LogP contribution >= 0.6 is 11.3 Å². The fourth-order valence-electron chi connectivity index (χ4n) is 14.0. The van der Waals surface area contributed by atoms with E-state index >= 15 is 0 Å². The molecule has 13 rings (SSSR count). The molecule has 0 bridgehead atoms. The highest BCUT2D eigenvalue weighted by atomic mass is 32.1. The molecule has 2 unspecified atom stereocenters. The Labute approximate surface area is 432 Å². The number of thiophene rings is 1. The van der Waals surface area contributed by atoms with Gasteiger partial charge in [-0.15, -0.1) is 11.3 Å². The molecule has 0 saturated heterocycles. The van der Waals surface area contributed by atoms with E-state index < -0.39 is 0 Å². The minimum Gasteiger partial charge on any atom is -0.334 e. The summed E-state index contributed by atoms with van der Waals surface area (Å²) in [6.07, 6.45) is 4.86. The third kappa shape index (κ3) is 6.48. The number of anilines is 8. The van der Waals surface area contributed by atoms with Crippen molar-refractivity contribution >= 4 is 100 Å². The van der Waals surface area contributed by atoms with Gasteiger partial charge in [-0.2, -0.15) is 0 Å². The van der Waals surface area contributed by atoms with Gasteiger partial charge in [0.05, 0.1) is 21.6 Å². The van der Waals surface area contributed by atoms with E-state index in [0.29, 0.717) is 0 Å². The molecule has 9 aromatic rings. The Kier molecular flexibility index (Phi) is 9.90. The predicted molar refractivity (Wildman–Crippen MR) is 313 cm³/mol. The zero-order valence-corrected chi connectivity index (χ0v) is 44.9. The molecule has 0 amide bonds. The van der Waals surface area contributed by atoms with Crippen LogP contribution in [0.5, 0.6) is 0 Å². The van der Waals surface area contributed by atoms with Gasteiger partial charge in [-0.05, 0) is 167 Å². The third-order valence-corrected chi connectivity index (χ3v) is 18.9. The molecule has 2 atom stereocenters. The maximum Gasteiger partial charge on any atom is 0.252 e. The van der Waals surface area contributed by atoms with Gasteiger partial charge in [-0.25, -0.2) is 0 Å². The van der Waals surface area contributed by atoms with Crippen molar-refractivity contribution in [1.29, 1.82) is 0 Å². The van der Waals surface area contributed by atoms with Crippen LogP contribution in [0.1, 0.15) is 114 Å². The number of rotatable bonds is 4. The van der Waals surface area contributed by atoms with Crippen molar-refractivity contribution in [3.05, 3.63) is 185 Å². The highest BCUT2D eigenvalue weighted by Crippen LogP contribution is 2.62. The SMILES string of the molecule is Cc1cc2c3c(c1)N(c1cccc4c1sc1ccccc14)c1cc(C(C)(C)C)ccc1B3c1ccc(N3c4cc(C)cc(C)c4C4(C)CCCCC34C)cc1N2c1ccc(C(C)(C)C)cc1-c1ccccc1. The van der Waals surface area contributed by atoms with Crippen LogP contribution in [-0.2, 0) is 16.2 Å². The second kappa shape index (κ2) is 15.7. The maximum atomic E-state index is 2.80. The molecule has 1 aromatic heterocycles. The molecule has 1 saturated carbocycles. The van der Waals surface area contributed by atoms with Crippen LogP contribution in [0, 0.1) is 20.8 Å². The highest BCUT2D eigenvalue weighted by Gasteiger charge is 2.58. The minimum atomic E-state index is -0.0833. The molecule has 0 radical (unpaired) electrons. The molecule has 3 nitrogen and oxygen atoms in total. The molecule has 4 aliphatic rings. The average molecular weight is 956 g/mol. The van der Waals surface area contributed by atoms with Crippen molar-refractivity contribution in [3.8, 4) is 11.1 Å². The lowest BCUT2D eigenvalue weighted by molar-refractivity contribution is 0.194. The quantitative estimate of drug-likeness (QED) is 0.163. The fraction of sp³-hybridized carbons (Fsp3) is 0.284. The van der Waals surface area contributed by atoms with E-state index in [0.717, 1.165) is 6.42 Å². The lowest BCUT2D eigenvalue weighted by Gasteiger charge is -2.51. The van der Waals surface area contributed by atoms with Crippen molar-refractivity contribution in [3.63, 3.8) is 0 Å². The van der Waals surface area contributed by atoms with Crippen molar-refractivity contribution < 1.29 is 0 Å². The van der Waals surface area contributed by atoms with Gasteiger partial charge >= 0.3 is 0 Å². The van der Waals surface area contributed by atoms with E-state index in [1.165, 1.54) is 140 Å². The first-order valence-electron chi connectivity index (χ1n) is 26.5. The van der Waals surface area contributed by atoms with Crippen LogP contribution in [0.2, 0.25) is 0 Å². The van der Waals surface area contributed by atoms with Crippen LogP contribution in [0.4, 0.5) is 45.5 Å². The molecular weight excluding hydrogens is 890 g/mol. The summed E-state index contributed by atoms with van der Waals surface area (Å²) < 4.78 is 2.64. The summed E-state index contributed by atoms with van der Waals surface area (Å²) in [7, 11) is 0. The second-order valence-electron chi connectivity index (χ2n) is 24.3. The monoisotopic (exact) mass is 956 g/mol. The second-order valence-corrected chi connectivity index (χ2v) is 25.4. The lowest BCUT2D eigenvalue weighted by Crippen LogP contribution is -2.61. The first kappa shape index (κ1) is 45.3. The Morgan fingerprint density at radius 3 is 1.88 bits per heavy atom. The predicted octanol–water partition coefficient (Wildman–Crippen LogP) is 17.1. The zero-order valence-electron chi connectivity index (χ0n) is 44.1. The normalized spacial score (nSPS) is 19.1. The summed E-state index contributed by atoms with van der Waals surface area (Å²) in [6.45, 7) is 26.2. The molecule has 358 valence electrons. The Morgan fingerprint density at radius 1 is 0.514 bits per heavy atom. The van der Waals surface area contributed by atoms with Gasteiger partial charge in [-0.3, -0.25) is 0 Å². The molecule has 8 aromatic carbocycles. The summed E-state index contributed by atoms with van der Waals surface area (Å²) in [4.78, 5) is 8.14. The topological polar surface area (TPSA) is 9.72 Å². The van der Waals surface area contributed by atoms with Crippen molar-refractivity contribution in [2.24, 2.45) is 0 Å². The summed E-state index contributed by atoms with van der Waals surface area (Å²) in [6, 6.07) is 59.4. The van der Waals surface area contributed by atoms with Crippen LogP contribution < -0.4 is 31.1 Å². The minimum absolute atomic E-state index is 0.00214. The number of hydrogen-bond donors (Lipinski definition) is 0. The molecule has 5 heteroatoms. The lowest BCUT2D eigenvalue weighted by atomic mass is 9.33. The Balaban J connectivity index is 1.14. The van der Waals surface area contributed by atoms with Gasteiger partial charge in [0.2, 0.25) is 0 Å². The van der Waals surface area contributed by atoms with E-state index in [4.69, 9.17) is 0 Å². The highest BCUT2D eigenvalue weighted by molar-refractivity contribution is 7.26. The number of nitrogens with zero attached hydrogens (tertiary/aromatic N) is 3. The van der Waals surface area contributed by atoms with E-state index in [9.17, 15) is 0 Å². The van der Waals surface area contributed by atoms with Gasteiger partial charge < -0.3 is 14.7 Å². The van der Waals surface area contributed by atoms with Crippen LogP contribution in [0.15, 0.2) is 152 Å². The molecule has 3 aliphatic heterocycles. The fourth-order valence-corrected chi connectivity index (χ4v) is 15.2. The molecule has 1 aliphatic carbocycles. The van der Waals surface area contributed by atoms with Crippen LogP contribution in [0.3, 0.4) is 0 Å². The third-order valence-electron chi connectivity index (χ3n) is 17.7. The van der Waals surface area contributed by atoms with Gasteiger partial charge in [0.15, 0.2) is 0 Å². The zero-order chi connectivity index (χ0) is 49.8. The molecule has 4 heterocycles. The van der Waals surface area contributed by atoms with E-state index in [1.54, 1.807) is 5.56 Å². The largest absolute Gasteiger partial charge is 0.334 e. The number of benzene rings is 8. The van der Waals surface area contributed by atoms with E-state index in [-0.39, 0.29) is 28.5 Å². The average Bonchev–Trinajstić information content (AvgIpc) is 3.83.